The Kier molecular flexibility index (Phi) is 2.94. The van der Waals surface area contributed by atoms with E-state index >= 15 is 0 Å². The van der Waals surface area contributed by atoms with Crippen molar-refractivity contribution in [2.24, 2.45) is 0 Å². The van der Waals surface area contributed by atoms with Crippen LogP contribution < -0.4 is 10.8 Å². The number of aromatic nitrogens is 2. The van der Waals surface area contributed by atoms with Crippen LogP contribution in [0.15, 0.2) is 28.9 Å². The van der Waals surface area contributed by atoms with Crippen LogP contribution in [-0.4, -0.2) is 21.4 Å². The predicted octanol–water partition coefficient (Wildman–Crippen LogP) is 1.53. The Morgan fingerprint density at radius 3 is 2.53 bits per heavy atom. The van der Waals surface area contributed by atoms with E-state index in [1.54, 1.807) is 24.3 Å². The second-order valence-electron chi connectivity index (χ2n) is 3.13. The van der Waals surface area contributed by atoms with Crippen LogP contribution in [0.1, 0.15) is 5.69 Å². The van der Waals surface area contributed by atoms with Crippen molar-refractivity contribution in [2.45, 2.75) is 0 Å². The third kappa shape index (κ3) is 2.19. The first-order valence-electron chi connectivity index (χ1n) is 4.51. The summed E-state index contributed by atoms with van der Waals surface area (Å²) in [6, 6.07) is 6.25. The number of nitrogen functional groups attached to an aromatic ring is 1. The van der Waals surface area contributed by atoms with Gasteiger partial charge in [0, 0.05) is 5.02 Å². The summed E-state index contributed by atoms with van der Waals surface area (Å²) in [6.45, 7) is 0. The lowest BCUT2D eigenvalue weighted by Gasteiger charge is -2.15. The van der Waals surface area contributed by atoms with Crippen molar-refractivity contribution in [1.29, 1.82) is 5.41 Å². The molecule has 1 aromatic heterocycles. The molecule has 8 heteroatoms. The second kappa shape index (κ2) is 4.40. The van der Waals surface area contributed by atoms with Crippen LogP contribution in [0, 0.1) is 5.41 Å². The summed E-state index contributed by atoms with van der Waals surface area (Å²) in [4.78, 5) is 0. The number of nitrogens with zero attached hydrogens (tertiary/aromatic N) is 3. The molecule has 2 rings (SSSR count). The van der Waals surface area contributed by atoms with Crippen LogP contribution >= 0.6 is 11.6 Å². The van der Waals surface area contributed by atoms with Crippen LogP contribution in [0.5, 0.6) is 0 Å². The standard InChI is InChI=1S/C9H8ClN5O2/c10-5-1-3-6(4-2-5)15(16)9(12)7-8(11)14-17-13-7/h1-4,12,16H,(H2,11,14). The molecule has 0 radical (unpaired) electrons. The Balaban J connectivity index is 2.26. The first-order valence-corrected chi connectivity index (χ1v) is 4.89. The molecule has 0 fully saturated rings. The number of nitrogens with one attached hydrogen (secondary N) is 1. The summed E-state index contributed by atoms with van der Waals surface area (Å²) in [5, 5.41) is 25.3. The van der Waals surface area contributed by atoms with Gasteiger partial charge < -0.3 is 5.73 Å². The molecule has 0 saturated carbocycles. The van der Waals surface area contributed by atoms with Crippen molar-refractivity contribution in [3.63, 3.8) is 0 Å². The van der Waals surface area contributed by atoms with Crippen molar-refractivity contribution in [3.8, 4) is 0 Å². The molecule has 1 aromatic carbocycles. The number of nitrogens with two attached hydrogens (primary N) is 1. The number of halogens is 1. The average molecular weight is 254 g/mol. The zero-order valence-corrected chi connectivity index (χ0v) is 9.22. The molecule has 0 amide bonds. The van der Waals surface area contributed by atoms with Crippen LogP contribution in [0.25, 0.3) is 0 Å². The van der Waals surface area contributed by atoms with Gasteiger partial charge in [-0.3, -0.25) is 10.6 Å². The van der Waals surface area contributed by atoms with E-state index in [9.17, 15) is 5.21 Å². The van der Waals surface area contributed by atoms with Crippen molar-refractivity contribution < 1.29 is 9.84 Å². The van der Waals surface area contributed by atoms with E-state index < -0.39 is 0 Å². The molecule has 0 aliphatic heterocycles. The smallest absolute Gasteiger partial charge is 0.199 e. The molecule has 0 atom stereocenters. The quantitative estimate of drug-likeness (QED) is 0.425. The fraction of sp³-hybridized carbons (Fsp3) is 0. The lowest BCUT2D eigenvalue weighted by atomic mass is 10.3. The molecule has 0 spiro atoms. The van der Waals surface area contributed by atoms with Gasteiger partial charge in [0.2, 0.25) is 0 Å². The Morgan fingerprint density at radius 1 is 1.35 bits per heavy atom. The number of rotatable bonds is 2. The fourth-order valence-corrected chi connectivity index (χ4v) is 1.30. The van der Waals surface area contributed by atoms with Gasteiger partial charge in [0.1, 0.15) is 0 Å². The van der Waals surface area contributed by atoms with Gasteiger partial charge in [0.05, 0.1) is 5.69 Å². The van der Waals surface area contributed by atoms with Gasteiger partial charge in [0.15, 0.2) is 17.3 Å². The first kappa shape index (κ1) is 11.4. The molecule has 1 heterocycles. The van der Waals surface area contributed by atoms with E-state index in [-0.39, 0.29) is 17.3 Å². The molecule has 0 saturated heterocycles. The summed E-state index contributed by atoms with van der Waals surface area (Å²) in [6.07, 6.45) is 0. The van der Waals surface area contributed by atoms with E-state index in [4.69, 9.17) is 22.7 Å². The van der Waals surface area contributed by atoms with Gasteiger partial charge in [-0.05, 0) is 34.6 Å². The zero-order chi connectivity index (χ0) is 12.4. The molecule has 0 aliphatic rings. The SMILES string of the molecule is N=C(c1nonc1N)N(O)c1ccc(Cl)cc1. The lowest BCUT2D eigenvalue weighted by molar-refractivity contribution is 0.300. The summed E-state index contributed by atoms with van der Waals surface area (Å²) in [7, 11) is 0. The molecule has 0 aliphatic carbocycles. The van der Waals surface area contributed by atoms with Gasteiger partial charge in [-0.25, -0.2) is 9.69 Å². The third-order valence-corrected chi connectivity index (χ3v) is 2.27. The number of amidine groups is 1. The minimum Gasteiger partial charge on any atom is -0.379 e. The monoisotopic (exact) mass is 253 g/mol. The molecule has 0 unspecified atom stereocenters. The Labute approximate surface area is 101 Å². The summed E-state index contributed by atoms with van der Waals surface area (Å²) < 4.78 is 4.35. The topological polar surface area (TPSA) is 112 Å². The maximum atomic E-state index is 9.78. The average Bonchev–Trinajstić information content (AvgIpc) is 2.74. The molecular formula is C9H8ClN5O2. The van der Waals surface area contributed by atoms with E-state index in [0.717, 1.165) is 0 Å². The maximum absolute atomic E-state index is 9.78. The van der Waals surface area contributed by atoms with Crippen LogP contribution in [0.4, 0.5) is 11.5 Å². The Hall–Kier alpha value is -2.12. The second-order valence-corrected chi connectivity index (χ2v) is 3.57. The molecule has 4 N–H and O–H groups in total. The predicted molar refractivity (Wildman–Crippen MR) is 61.3 cm³/mol. The van der Waals surface area contributed by atoms with Crippen LogP contribution in [0.3, 0.4) is 0 Å². The number of hydrogen-bond acceptors (Lipinski definition) is 6. The lowest BCUT2D eigenvalue weighted by Crippen LogP contribution is -2.28. The van der Waals surface area contributed by atoms with Gasteiger partial charge in [-0.1, -0.05) is 11.6 Å². The molecular weight excluding hydrogens is 246 g/mol. The minimum absolute atomic E-state index is 0.0394. The van der Waals surface area contributed by atoms with Gasteiger partial charge in [0.25, 0.3) is 0 Å². The Bertz CT molecular complexity index is 539. The van der Waals surface area contributed by atoms with E-state index in [1.165, 1.54) is 0 Å². The van der Waals surface area contributed by atoms with Gasteiger partial charge in [-0.15, -0.1) is 0 Å². The number of hydrogen-bond donors (Lipinski definition) is 3. The Morgan fingerprint density at radius 2 is 2.00 bits per heavy atom. The van der Waals surface area contributed by atoms with Crippen molar-refractivity contribution in [2.75, 3.05) is 10.8 Å². The van der Waals surface area contributed by atoms with Crippen molar-refractivity contribution in [1.82, 2.24) is 10.3 Å². The largest absolute Gasteiger partial charge is 0.379 e. The number of hydroxylamine groups is 1. The highest BCUT2D eigenvalue weighted by Crippen LogP contribution is 2.19. The summed E-state index contributed by atoms with van der Waals surface area (Å²) in [5.74, 6) is -0.408. The third-order valence-electron chi connectivity index (χ3n) is 2.02. The van der Waals surface area contributed by atoms with E-state index in [1.807, 2.05) is 0 Å². The number of benzene rings is 1. The first-order chi connectivity index (χ1) is 8.09. The van der Waals surface area contributed by atoms with Crippen molar-refractivity contribution in [3.05, 3.63) is 35.0 Å². The number of anilines is 2. The summed E-state index contributed by atoms with van der Waals surface area (Å²) >= 11 is 5.71. The highest BCUT2D eigenvalue weighted by atomic mass is 35.5. The highest BCUT2D eigenvalue weighted by Gasteiger charge is 2.19. The van der Waals surface area contributed by atoms with Gasteiger partial charge >= 0.3 is 0 Å². The maximum Gasteiger partial charge on any atom is 0.199 e. The van der Waals surface area contributed by atoms with E-state index in [2.05, 4.69) is 14.9 Å². The van der Waals surface area contributed by atoms with Crippen LogP contribution in [0.2, 0.25) is 5.02 Å². The summed E-state index contributed by atoms with van der Waals surface area (Å²) in [5.41, 5.74) is 5.72. The molecule has 17 heavy (non-hydrogen) atoms. The normalized spacial score (nSPS) is 10.2. The minimum atomic E-state index is -0.342. The van der Waals surface area contributed by atoms with Crippen molar-refractivity contribution >= 4 is 28.9 Å². The molecule has 88 valence electrons. The van der Waals surface area contributed by atoms with Crippen LogP contribution in [-0.2, 0) is 0 Å². The van der Waals surface area contributed by atoms with E-state index in [0.29, 0.717) is 15.8 Å². The molecule has 7 nitrogen and oxygen atoms in total. The zero-order valence-electron chi connectivity index (χ0n) is 8.46. The molecule has 2 aromatic rings. The highest BCUT2D eigenvalue weighted by molar-refractivity contribution is 6.30. The molecule has 0 bridgehead atoms. The fourth-order valence-electron chi connectivity index (χ4n) is 1.17. The van der Waals surface area contributed by atoms with Gasteiger partial charge in [-0.2, -0.15) is 0 Å².